The summed E-state index contributed by atoms with van der Waals surface area (Å²) < 4.78 is 5.55. The number of halogens is 1. The molecule has 1 heterocycles. The number of thioether (sulfide) groups is 1. The van der Waals surface area contributed by atoms with Gasteiger partial charge < -0.3 is 15.4 Å². The Kier molecular flexibility index (Phi) is 8.50. The molecule has 8 nitrogen and oxygen atoms in total. The average Bonchev–Trinajstić information content (AvgIpc) is 3.14. The van der Waals surface area contributed by atoms with E-state index in [9.17, 15) is 19.2 Å². The number of rotatable bonds is 8. The predicted molar refractivity (Wildman–Crippen MR) is 149 cm³/mol. The number of carbonyl (C=O) groups is 4. The SMILES string of the molecule is Cc1ccc(NC(=O)COc2ccc(/C=C3\SC(=O)N(CC(=O)Nc4ccc(Cl)cc4)C3=O)cc2)cc1C. The second-order valence-electron chi connectivity index (χ2n) is 8.53. The number of imide groups is 1. The zero-order chi connectivity index (χ0) is 27.2. The predicted octanol–water partition coefficient (Wildman–Crippen LogP) is 5.65. The molecule has 4 amide bonds. The Labute approximate surface area is 229 Å². The van der Waals surface area contributed by atoms with Crippen molar-refractivity contribution >= 4 is 63.8 Å². The number of nitrogens with one attached hydrogen (secondary N) is 2. The van der Waals surface area contributed by atoms with Crippen molar-refractivity contribution in [3.8, 4) is 5.75 Å². The summed E-state index contributed by atoms with van der Waals surface area (Å²) in [4.78, 5) is 50.7. The van der Waals surface area contributed by atoms with Gasteiger partial charge in [0.1, 0.15) is 12.3 Å². The van der Waals surface area contributed by atoms with Gasteiger partial charge in [-0.25, -0.2) is 0 Å². The lowest BCUT2D eigenvalue weighted by Crippen LogP contribution is -2.36. The maximum Gasteiger partial charge on any atom is 0.294 e. The fourth-order valence-corrected chi connectivity index (χ4v) is 4.45. The summed E-state index contributed by atoms with van der Waals surface area (Å²) in [7, 11) is 0. The van der Waals surface area contributed by atoms with Crippen LogP contribution in [-0.4, -0.2) is 41.0 Å². The molecule has 1 aliphatic heterocycles. The molecule has 1 saturated heterocycles. The molecule has 0 bridgehead atoms. The van der Waals surface area contributed by atoms with Crippen LogP contribution in [0.1, 0.15) is 16.7 Å². The number of nitrogens with zero attached hydrogens (tertiary/aromatic N) is 1. The molecule has 2 N–H and O–H groups in total. The molecule has 0 aromatic heterocycles. The molecule has 3 aromatic carbocycles. The summed E-state index contributed by atoms with van der Waals surface area (Å²) >= 11 is 6.60. The van der Waals surface area contributed by atoms with Gasteiger partial charge in [0.15, 0.2) is 6.61 Å². The number of anilines is 2. The van der Waals surface area contributed by atoms with Crippen molar-refractivity contribution in [2.45, 2.75) is 13.8 Å². The first-order chi connectivity index (χ1) is 18.2. The molecule has 1 aliphatic rings. The highest BCUT2D eigenvalue weighted by atomic mass is 35.5. The zero-order valence-electron chi connectivity index (χ0n) is 20.6. The Morgan fingerprint density at radius 3 is 2.24 bits per heavy atom. The third-order valence-corrected chi connectivity index (χ3v) is 6.80. The maximum absolute atomic E-state index is 12.7. The van der Waals surface area contributed by atoms with E-state index < -0.39 is 23.6 Å². The molecule has 194 valence electrons. The third kappa shape index (κ3) is 7.02. The molecule has 0 saturated carbocycles. The highest BCUT2D eigenvalue weighted by Gasteiger charge is 2.36. The largest absolute Gasteiger partial charge is 0.484 e. The fourth-order valence-electron chi connectivity index (χ4n) is 3.49. The highest BCUT2D eigenvalue weighted by Crippen LogP contribution is 2.32. The van der Waals surface area contributed by atoms with Gasteiger partial charge in [0.2, 0.25) is 5.91 Å². The Balaban J connectivity index is 1.30. The minimum Gasteiger partial charge on any atom is -0.484 e. The Morgan fingerprint density at radius 2 is 1.55 bits per heavy atom. The van der Waals surface area contributed by atoms with Gasteiger partial charge in [-0.2, -0.15) is 0 Å². The Bertz CT molecular complexity index is 1420. The summed E-state index contributed by atoms with van der Waals surface area (Å²) in [6.45, 7) is 3.41. The monoisotopic (exact) mass is 549 g/mol. The van der Waals surface area contributed by atoms with Crippen molar-refractivity contribution in [1.29, 1.82) is 0 Å². The molecular formula is C28H24ClN3O5S. The van der Waals surface area contributed by atoms with Crippen molar-refractivity contribution < 1.29 is 23.9 Å². The molecular weight excluding hydrogens is 526 g/mol. The van der Waals surface area contributed by atoms with Gasteiger partial charge >= 0.3 is 0 Å². The van der Waals surface area contributed by atoms with Crippen molar-refractivity contribution in [3.63, 3.8) is 0 Å². The summed E-state index contributed by atoms with van der Waals surface area (Å²) in [5, 5.41) is 5.43. The molecule has 4 rings (SSSR count). The number of amides is 4. The minimum atomic E-state index is -0.547. The minimum absolute atomic E-state index is 0.163. The van der Waals surface area contributed by atoms with E-state index in [2.05, 4.69) is 10.6 Å². The highest BCUT2D eigenvalue weighted by molar-refractivity contribution is 8.18. The molecule has 10 heteroatoms. The first-order valence-electron chi connectivity index (χ1n) is 11.6. The number of carbonyl (C=O) groups excluding carboxylic acids is 4. The second-order valence-corrected chi connectivity index (χ2v) is 9.96. The third-order valence-electron chi connectivity index (χ3n) is 5.64. The second kappa shape index (κ2) is 12.0. The number of benzene rings is 3. The quantitative estimate of drug-likeness (QED) is 0.352. The Hall–Kier alpha value is -4.08. The van der Waals surface area contributed by atoms with Crippen LogP contribution in [0.5, 0.6) is 5.75 Å². The van der Waals surface area contributed by atoms with Gasteiger partial charge in [0.25, 0.3) is 17.1 Å². The molecule has 0 radical (unpaired) electrons. The van der Waals surface area contributed by atoms with Gasteiger partial charge in [0.05, 0.1) is 4.91 Å². The smallest absolute Gasteiger partial charge is 0.294 e. The van der Waals surface area contributed by atoms with Crippen LogP contribution in [-0.2, 0) is 14.4 Å². The van der Waals surface area contributed by atoms with Crippen molar-refractivity contribution in [1.82, 2.24) is 4.90 Å². The lowest BCUT2D eigenvalue weighted by Gasteiger charge is -2.12. The van der Waals surface area contributed by atoms with Gasteiger partial charge in [-0.3, -0.25) is 24.1 Å². The standard InChI is InChI=1S/C28H24ClN3O5S/c1-17-3-8-22(13-18(17)2)31-26(34)16-37-23-11-4-19(5-12-23)14-24-27(35)32(28(36)38-24)15-25(33)30-21-9-6-20(29)7-10-21/h3-14H,15-16H2,1-2H3,(H,30,33)(H,31,34)/b24-14-. The van der Waals surface area contributed by atoms with Crippen LogP contribution in [0.15, 0.2) is 71.6 Å². The van der Waals surface area contributed by atoms with Crippen LogP contribution in [0, 0.1) is 13.8 Å². The average molecular weight is 550 g/mol. The van der Waals surface area contributed by atoms with Crippen molar-refractivity contribution in [2.75, 3.05) is 23.8 Å². The first-order valence-corrected chi connectivity index (χ1v) is 12.8. The molecule has 0 spiro atoms. The van der Waals surface area contributed by atoms with E-state index in [4.69, 9.17) is 16.3 Å². The topological polar surface area (TPSA) is 105 Å². The van der Waals surface area contributed by atoms with E-state index in [1.807, 2.05) is 32.0 Å². The first kappa shape index (κ1) is 27.0. The van der Waals surface area contributed by atoms with Crippen LogP contribution < -0.4 is 15.4 Å². The lowest BCUT2D eigenvalue weighted by atomic mass is 10.1. The van der Waals surface area contributed by atoms with E-state index in [1.54, 1.807) is 54.6 Å². The van der Waals surface area contributed by atoms with Crippen LogP contribution >= 0.6 is 23.4 Å². The van der Waals surface area contributed by atoms with Crippen molar-refractivity contribution in [3.05, 3.63) is 93.3 Å². The van der Waals surface area contributed by atoms with E-state index >= 15 is 0 Å². The van der Waals surface area contributed by atoms with E-state index in [0.717, 1.165) is 27.8 Å². The maximum atomic E-state index is 12.7. The van der Waals surface area contributed by atoms with Crippen LogP contribution in [0.25, 0.3) is 6.08 Å². The van der Waals surface area contributed by atoms with Crippen LogP contribution in [0.2, 0.25) is 5.02 Å². The van der Waals surface area contributed by atoms with Gasteiger partial charge in [-0.1, -0.05) is 29.8 Å². The van der Waals surface area contributed by atoms with Crippen LogP contribution in [0.4, 0.5) is 16.2 Å². The molecule has 38 heavy (non-hydrogen) atoms. The normalized spacial score (nSPS) is 14.1. The lowest BCUT2D eigenvalue weighted by molar-refractivity contribution is -0.127. The van der Waals surface area contributed by atoms with Crippen molar-refractivity contribution in [2.24, 2.45) is 0 Å². The molecule has 0 unspecified atom stereocenters. The van der Waals surface area contributed by atoms with Gasteiger partial charge in [-0.05, 0) is 96.9 Å². The van der Waals surface area contributed by atoms with Gasteiger partial charge in [0, 0.05) is 16.4 Å². The summed E-state index contributed by atoms with van der Waals surface area (Å²) in [6.07, 6.45) is 1.57. The van der Waals surface area contributed by atoms with Crippen LogP contribution in [0.3, 0.4) is 0 Å². The zero-order valence-corrected chi connectivity index (χ0v) is 22.2. The molecule has 3 aromatic rings. The summed E-state index contributed by atoms with van der Waals surface area (Å²) in [5.74, 6) is -0.857. The number of aryl methyl sites for hydroxylation is 2. The number of hydrogen-bond donors (Lipinski definition) is 2. The van der Waals surface area contributed by atoms with E-state index in [-0.39, 0.29) is 17.4 Å². The molecule has 0 aliphatic carbocycles. The fraction of sp³-hybridized carbons (Fsp3) is 0.143. The number of ether oxygens (including phenoxy) is 1. The van der Waals surface area contributed by atoms with Gasteiger partial charge in [-0.15, -0.1) is 0 Å². The number of hydrogen-bond acceptors (Lipinski definition) is 6. The summed E-state index contributed by atoms with van der Waals surface area (Å²) in [5.41, 5.74) is 4.09. The molecule has 1 fully saturated rings. The van der Waals surface area contributed by atoms with E-state index in [0.29, 0.717) is 27.7 Å². The Morgan fingerprint density at radius 1 is 0.895 bits per heavy atom. The molecule has 0 atom stereocenters. The van der Waals surface area contributed by atoms with E-state index in [1.165, 1.54) is 0 Å². The summed E-state index contributed by atoms with van der Waals surface area (Å²) in [6, 6.07) is 18.9.